The molecule has 0 radical (unpaired) electrons. The van der Waals surface area contributed by atoms with E-state index in [1.54, 1.807) is 25.3 Å². The average Bonchev–Trinajstić information content (AvgIpc) is 2.79. The van der Waals surface area contributed by atoms with Gasteiger partial charge in [0.1, 0.15) is 6.54 Å². The second-order valence-electron chi connectivity index (χ2n) is 4.43. The molecule has 2 aromatic rings. The van der Waals surface area contributed by atoms with Gasteiger partial charge in [-0.1, -0.05) is 12.1 Å². The smallest absolute Gasteiger partial charge is 0.262 e. The van der Waals surface area contributed by atoms with Crippen molar-refractivity contribution in [2.75, 3.05) is 4.72 Å². The summed E-state index contributed by atoms with van der Waals surface area (Å²) in [7, 11) is -3.68. The Morgan fingerprint density at radius 1 is 1.35 bits per heavy atom. The van der Waals surface area contributed by atoms with Crippen LogP contribution in [0.3, 0.4) is 0 Å². The first-order chi connectivity index (χ1) is 9.42. The van der Waals surface area contributed by atoms with E-state index < -0.39 is 10.0 Å². The van der Waals surface area contributed by atoms with Gasteiger partial charge in [0.25, 0.3) is 10.0 Å². The molecule has 0 spiro atoms. The van der Waals surface area contributed by atoms with Crippen LogP contribution < -0.4 is 4.72 Å². The van der Waals surface area contributed by atoms with Gasteiger partial charge in [0.05, 0.1) is 11.0 Å². The minimum absolute atomic E-state index is 0.0746. The monoisotopic (exact) mass is 290 g/mol. The predicted molar refractivity (Wildman–Crippen MR) is 74.6 cm³/mol. The van der Waals surface area contributed by atoms with E-state index in [1.165, 1.54) is 10.7 Å². The minimum Gasteiger partial charge on any atom is -0.262 e. The van der Waals surface area contributed by atoms with Crippen LogP contribution in [0.4, 0.5) is 5.82 Å². The lowest BCUT2D eigenvalue weighted by Gasteiger charge is -2.09. The molecular weight excluding hydrogens is 276 g/mol. The normalized spacial score (nSPS) is 11.1. The van der Waals surface area contributed by atoms with Crippen molar-refractivity contribution in [2.24, 2.45) is 0 Å². The van der Waals surface area contributed by atoms with E-state index in [0.29, 0.717) is 5.56 Å². The van der Waals surface area contributed by atoms with Crippen LogP contribution in [0.5, 0.6) is 0 Å². The highest BCUT2D eigenvalue weighted by atomic mass is 32.2. The molecule has 1 N–H and O–H groups in total. The average molecular weight is 290 g/mol. The third-order valence-electron chi connectivity index (χ3n) is 2.75. The highest BCUT2D eigenvalue weighted by Gasteiger charge is 2.18. The van der Waals surface area contributed by atoms with Crippen LogP contribution in [-0.4, -0.2) is 18.2 Å². The van der Waals surface area contributed by atoms with Gasteiger partial charge in [-0.05, 0) is 31.0 Å². The topological polar surface area (TPSA) is 87.8 Å². The number of nitrogens with zero attached hydrogens (tertiary/aromatic N) is 3. The molecule has 0 aliphatic heterocycles. The first-order valence-electron chi connectivity index (χ1n) is 5.93. The Morgan fingerprint density at radius 2 is 2.10 bits per heavy atom. The van der Waals surface area contributed by atoms with Gasteiger partial charge in [-0.3, -0.25) is 9.40 Å². The third-order valence-corrected chi connectivity index (χ3v) is 4.24. The van der Waals surface area contributed by atoms with E-state index in [2.05, 4.69) is 9.82 Å². The molecule has 1 aromatic heterocycles. The minimum atomic E-state index is -3.68. The molecule has 0 saturated carbocycles. The molecule has 6 nitrogen and oxygen atoms in total. The summed E-state index contributed by atoms with van der Waals surface area (Å²) in [5, 5.41) is 12.5. The van der Waals surface area contributed by atoms with Crippen molar-refractivity contribution < 1.29 is 8.42 Å². The Morgan fingerprint density at radius 3 is 2.80 bits per heavy atom. The number of hydrogen-bond acceptors (Lipinski definition) is 4. The maximum absolute atomic E-state index is 12.3. The molecule has 0 fully saturated rings. The van der Waals surface area contributed by atoms with Crippen LogP contribution in [0, 0.1) is 25.2 Å². The zero-order chi connectivity index (χ0) is 14.8. The lowest BCUT2D eigenvalue weighted by Crippen LogP contribution is -2.15. The van der Waals surface area contributed by atoms with E-state index in [4.69, 9.17) is 5.26 Å². The molecule has 0 unspecified atom stereocenters. The number of hydrogen-bond donors (Lipinski definition) is 1. The van der Waals surface area contributed by atoms with Gasteiger partial charge >= 0.3 is 0 Å². The molecule has 1 aromatic carbocycles. The fraction of sp³-hybridized carbons (Fsp3) is 0.231. The van der Waals surface area contributed by atoms with Crippen molar-refractivity contribution in [3.8, 4) is 6.07 Å². The summed E-state index contributed by atoms with van der Waals surface area (Å²) >= 11 is 0. The largest absolute Gasteiger partial charge is 0.263 e. The quantitative estimate of drug-likeness (QED) is 0.930. The first-order valence-corrected chi connectivity index (χ1v) is 7.41. The number of rotatable bonds is 4. The van der Waals surface area contributed by atoms with Gasteiger partial charge in [-0.2, -0.15) is 10.4 Å². The lowest BCUT2D eigenvalue weighted by atomic mass is 10.2. The predicted octanol–water partition coefficient (Wildman–Crippen LogP) is 1.82. The summed E-state index contributed by atoms with van der Waals surface area (Å²) < 4.78 is 28.4. The molecule has 7 heteroatoms. The Bertz CT molecular complexity index is 772. The second kappa shape index (κ2) is 5.35. The Hall–Kier alpha value is -2.33. The van der Waals surface area contributed by atoms with E-state index in [1.807, 2.05) is 19.1 Å². The molecule has 1 heterocycles. The van der Waals surface area contributed by atoms with Crippen molar-refractivity contribution in [3.05, 3.63) is 41.6 Å². The van der Waals surface area contributed by atoms with Gasteiger partial charge in [-0.25, -0.2) is 8.42 Å². The highest BCUT2D eigenvalue weighted by Crippen LogP contribution is 2.19. The van der Waals surface area contributed by atoms with Gasteiger partial charge in [0.2, 0.25) is 0 Å². The second-order valence-corrected chi connectivity index (χ2v) is 6.08. The van der Waals surface area contributed by atoms with Gasteiger partial charge in [0, 0.05) is 12.3 Å². The molecule has 0 bridgehead atoms. The standard InChI is InChI=1S/C13H14N4O2S/c1-10-3-4-11(2)12(9-10)20(18,19)16-13-5-7-17(15-13)8-6-14/h3-5,7,9H,8H2,1-2H3,(H,15,16). The van der Waals surface area contributed by atoms with E-state index in [0.717, 1.165) is 5.56 Å². The van der Waals surface area contributed by atoms with Crippen molar-refractivity contribution in [1.29, 1.82) is 5.26 Å². The van der Waals surface area contributed by atoms with Crippen LogP contribution in [0.2, 0.25) is 0 Å². The zero-order valence-corrected chi connectivity index (χ0v) is 12.0. The number of nitriles is 1. The van der Waals surface area contributed by atoms with Crippen molar-refractivity contribution in [1.82, 2.24) is 9.78 Å². The Balaban J connectivity index is 2.31. The molecule has 0 amide bonds. The van der Waals surface area contributed by atoms with Crippen LogP contribution in [0.1, 0.15) is 11.1 Å². The van der Waals surface area contributed by atoms with Crippen molar-refractivity contribution >= 4 is 15.8 Å². The molecule has 0 aliphatic rings. The zero-order valence-electron chi connectivity index (χ0n) is 11.2. The number of nitrogens with one attached hydrogen (secondary N) is 1. The maximum atomic E-state index is 12.3. The molecule has 0 aliphatic carbocycles. The number of anilines is 1. The summed E-state index contributed by atoms with van der Waals surface area (Å²) in [5.74, 6) is 0.196. The molecule has 2 rings (SSSR count). The highest BCUT2D eigenvalue weighted by molar-refractivity contribution is 7.92. The summed E-state index contributed by atoms with van der Waals surface area (Å²) in [6.45, 7) is 3.65. The third kappa shape index (κ3) is 2.97. The number of benzene rings is 1. The van der Waals surface area contributed by atoms with Gasteiger partial charge in [0.15, 0.2) is 5.82 Å². The Labute approximate surface area is 117 Å². The number of aryl methyl sites for hydroxylation is 2. The molecule has 0 saturated heterocycles. The fourth-order valence-electron chi connectivity index (χ4n) is 1.77. The van der Waals surface area contributed by atoms with E-state index in [9.17, 15) is 8.42 Å². The van der Waals surface area contributed by atoms with Crippen molar-refractivity contribution in [2.45, 2.75) is 25.3 Å². The SMILES string of the molecule is Cc1ccc(C)c(S(=O)(=O)Nc2ccn(CC#N)n2)c1. The Kier molecular flexibility index (Phi) is 3.77. The summed E-state index contributed by atoms with van der Waals surface area (Å²) in [4.78, 5) is 0.229. The van der Waals surface area contributed by atoms with Crippen LogP contribution in [-0.2, 0) is 16.6 Å². The number of sulfonamides is 1. The molecular formula is C13H14N4O2S. The van der Waals surface area contributed by atoms with Crippen molar-refractivity contribution in [3.63, 3.8) is 0 Å². The fourth-order valence-corrected chi connectivity index (χ4v) is 3.09. The van der Waals surface area contributed by atoms with E-state index >= 15 is 0 Å². The van der Waals surface area contributed by atoms with Gasteiger partial charge < -0.3 is 0 Å². The van der Waals surface area contributed by atoms with Gasteiger partial charge in [-0.15, -0.1) is 0 Å². The number of aromatic nitrogens is 2. The van der Waals surface area contributed by atoms with E-state index in [-0.39, 0.29) is 17.3 Å². The molecule has 104 valence electrons. The maximum Gasteiger partial charge on any atom is 0.263 e. The first kappa shape index (κ1) is 14.1. The van der Waals surface area contributed by atoms with Crippen LogP contribution in [0.15, 0.2) is 35.4 Å². The van der Waals surface area contributed by atoms with Crippen LogP contribution >= 0.6 is 0 Å². The summed E-state index contributed by atoms with van der Waals surface area (Å²) in [5.41, 5.74) is 1.53. The van der Waals surface area contributed by atoms with Crippen LogP contribution in [0.25, 0.3) is 0 Å². The molecule has 0 atom stereocenters. The summed E-state index contributed by atoms with van der Waals surface area (Å²) in [6, 6.07) is 8.68. The molecule has 20 heavy (non-hydrogen) atoms. The lowest BCUT2D eigenvalue weighted by molar-refractivity contribution is 0.600. The summed E-state index contributed by atoms with van der Waals surface area (Å²) in [6.07, 6.45) is 1.55.